The third kappa shape index (κ3) is 14.6. The van der Waals surface area contributed by atoms with Crippen LogP contribution >= 0.6 is 39.7 Å². The van der Waals surface area contributed by atoms with Crippen molar-refractivity contribution in [3.63, 3.8) is 0 Å². The lowest BCUT2D eigenvalue weighted by Gasteiger charge is -2.17. The summed E-state index contributed by atoms with van der Waals surface area (Å²) in [5.41, 5.74) is 1.59. The molecule has 0 N–H and O–H groups in total. The van der Waals surface area contributed by atoms with E-state index in [2.05, 4.69) is 4.98 Å². The molecule has 0 spiro atoms. The van der Waals surface area contributed by atoms with Gasteiger partial charge in [0.1, 0.15) is 5.69 Å². The summed E-state index contributed by atoms with van der Waals surface area (Å²) in [5.74, 6) is -3.42. The lowest BCUT2D eigenvalue weighted by atomic mass is 9.97. The molecule has 0 fully saturated rings. The number of pyridine rings is 2. The van der Waals surface area contributed by atoms with E-state index in [0.717, 1.165) is 6.20 Å². The van der Waals surface area contributed by atoms with Gasteiger partial charge < -0.3 is 33.3 Å². The molecule has 0 radical (unpaired) electrons. The van der Waals surface area contributed by atoms with Crippen LogP contribution in [0.2, 0.25) is 0 Å². The molecule has 0 aliphatic carbocycles. The SMILES string of the molecule is COC(=O)c1cc(-c2ccc(C(C)=O)c[n+]2[O-])n(COC(=O)C(C)(C)C)c1.COC(=O)c1cc(-c2ccc(C(C)=O)cn2)n(COC(=O)C(C)(C)C)c1.ClP(Cl)Cl. The van der Waals surface area contributed by atoms with Crippen LogP contribution in [0.25, 0.3) is 22.8 Å². The summed E-state index contributed by atoms with van der Waals surface area (Å²) in [5, 5.41) is 12.4. The molecule has 0 amide bonds. The zero-order valence-electron chi connectivity index (χ0n) is 33.0. The van der Waals surface area contributed by atoms with Crippen molar-refractivity contribution in [3.8, 4) is 22.8 Å². The number of aromatic nitrogens is 4. The van der Waals surface area contributed by atoms with Crippen molar-refractivity contribution in [1.82, 2.24) is 14.1 Å². The molecular formula is C38H44Cl3N4O11P. The Labute approximate surface area is 345 Å². The van der Waals surface area contributed by atoms with Gasteiger partial charge in [0.25, 0.3) is 0 Å². The van der Waals surface area contributed by atoms with Gasteiger partial charge in [-0.25, -0.2) is 9.59 Å². The first-order chi connectivity index (χ1) is 26.4. The summed E-state index contributed by atoms with van der Waals surface area (Å²) in [4.78, 5) is 74.9. The van der Waals surface area contributed by atoms with Crippen LogP contribution in [0.3, 0.4) is 0 Å². The number of halogens is 3. The predicted octanol–water partition coefficient (Wildman–Crippen LogP) is 8.34. The molecule has 19 heteroatoms. The van der Waals surface area contributed by atoms with Gasteiger partial charge in [0.05, 0.1) is 53.1 Å². The number of nitrogens with zero attached hydrogens (tertiary/aromatic N) is 4. The Bertz CT molecular complexity index is 2080. The van der Waals surface area contributed by atoms with Gasteiger partial charge in [0.2, 0.25) is 5.69 Å². The topological polar surface area (TPSA) is 189 Å². The van der Waals surface area contributed by atoms with E-state index in [4.69, 9.17) is 52.7 Å². The Balaban J connectivity index is 0.000000360. The number of carbonyl (C=O) groups is 6. The maximum absolute atomic E-state index is 12.4. The highest BCUT2D eigenvalue weighted by molar-refractivity contribution is 8.20. The summed E-state index contributed by atoms with van der Waals surface area (Å²) < 4.78 is 23.7. The lowest BCUT2D eigenvalue weighted by Crippen LogP contribution is -2.31. The molecule has 0 saturated carbocycles. The second-order valence-corrected chi connectivity index (χ2v) is 19.1. The Morgan fingerprint density at radius 3 is 1.49 bits per heavy atom. The van der Waals surface area contributed by atoms with Gasteiger partial charge in [0.15, 0.2) is 37.2 Å². The van der Waals surface area contributed by atoms with E-state index >= 15 is 0 Å². The van der Waals surface area contributed by atoms with E-state index in [1.54, 1.807) is 64.3 Å². The molecule has 4 rings (SSSR count). The summed E-state index contributed by atoms with van der Waals surface area (Å²) in [7, 11) is 2.54. The first-order valence-corrected chi connectivity index (χ1v) is 20.9. The van der Waals surface area contributed by atoms with Crippen molar-refractivity contribution in [2.24, 2.45) is 10.8 Å². The van der Waals surface area contributed by atoms with E-state index in [0.29, 0.717) is 32.9 Å². The summed E-state index contributed by atoms with van der Waals surface area (Å²) in [6.07, 6.45) is 5.61. The van der Waals surface area contributed by atoms with Crippen LogP contribution in [0.15, 0.2) is 61.2 Å². The Kier molecular flexibility index (Phi) is 17.9. The number of carbonyl (C=O) groups excluding carboxylic acids is 6. The van der Waals surface area contributed by atoms with Crippen LogP contribution in [0, 0.1) is 16.0 Å². The van der Waals surface area contributed by atoms with E-state index in [-0.39, 0.29) is 47.8 Å². The number of ether oxygens (including phenoxy) is 4. The number of hydrogen-bond acceptors (Lipinski definition) is 12. The monoisotopic (exact) mass is 868 g/mol. The fraction of sp³-hybridized carbons (Fsp3) is 0.368. The van der Waals surface area contributed by atoms with Crippen LogP contribution < -0.4 is 4.73 Å². The van der Waals surface area contributed by atoms with Gasteiger partial charge >= 0.3 is 23.9 Å². The number of Topliss-reactive ketones (excluding diaryl/α,β-unsaturated/α-hetero) is 2. The van der Waals surface area contributed by atoms with Gasteiger partial charge in [-0.05, 0) is 85.7 Å². The van der Waals surface area contributed by atoms with Crippen LogP contribution in [-0.4, -0.2) is 63.8 Å². The van der Waals surface area contributed by atoms with E-state index in [1.165, 1.54) is 69.4 Å². The third-order valence-electron chi connectivity index (χ3n) is 7.55. The number of rotatable bonds is 10. The van der Waals surface area contributed by atoms with Crippen molar-refractivity contribution >= 4 is 75.1 Å². The molecule has 0 aliphatic heterocycles. The number of hydrogen-bond donors (Lipinski definition) is 0. The van der Waals surface area contributed by atoms with Crippen LogP contribution in [-0.2, 0) is 42.0 Å². The highest BCUT2D eigenvalue weighted by Gasteiger charge is 2.26. The van der Waals surface area contributed by atoms with E-state index in [1.807, 2.05) is 0 Å². The molecule has 0 unspecified atom stereocenters. The van der Waals surface area contributed by atoms with Gasteiger partial charge in [-0.2, -0.15) is 4.73 Å². The molecule has 15 nitrogen and oxygen atoms in total. The van der Waals surface area contributed by atoms with Crippen LogP contribution in [0.4, 0.5) is 0 Å². The zero-order chi connectivity index (χ0) is 43.4. The Morgan fingerprint density at radius 1 is 0.702 bits per heavy atom. The quantitative estimate of drug-likeness (QED) is 0.0371. The van der Waals surface area contributed by atoms with Crippen molar-refractivity contribution in [2.45, 2.75) is 68.9 Å². The lowest BCUT2D eigenvalue weighted by molar-refractivity contribution is -0.594. The average molecular weight is 870 g/mol. The minimum absolute atomic E-state index is 0.0709. The molecule has 4 aromatic rings. The molecule has 0 saturated heterocycles. The standard InChI is InChI=1S/C19H22N2O6.C19H22N2O5.Cl3P/c1-12(22)13-6-7-15(21(25)10-13)16-8-14(17(23)26-5)9-20(16)11-27-18(24)19(2,3)4;1-12(22)13-6-7-15(20-9-13)16-8-14(17(23)25-5)10-21(16)11-26-18(24)19(2,3)4;1-4(2)3/h6-10H,11H2,1-5H3;6-10H,11H2,1-5H3;. The molecule has 0 bridgehead atoms. The zero-order valence-corrected chi connectivity index (χ0v) is 36.2. The number of methoxy groups -OCH3 is 2. The maximum Gasteiger partial charge on any atom is 0.339 e. The number of esters is 4. The average Bonchev–Trinajstić information content (AvgIpc) is 3.76. The largest absolute Gasteiger partial charge is 0.618 e. The second-order valence-electron chi connectivity index (χ2n) is 14.1. The van der Waals surface area contributed by atoms with Crippen molar-refractivity contribution < 1.29 is 52.4 Å². The molecule has 0 aromatic carbocycles. The van der Waals surface area contributed by atoms with E-state index < -0.39 is 34.7 Å². The fourth-order valence-corrected chi connectivity index (χ4v) is 4.46. The summed E-state index contributed by atoms with van der Waals surface area (Å²) in [6, 6.07) is 9.39. The molecule has 57 heavy (non-hydrogen) atoms. The van der Waals surface area contributed by atoms with Crippen LogP contribution in [0.1, 0.15) is 96.8 Å². The van der Waals surface area contributed by atoms with Crippen LogP contribution in [0.5, 0.6) is 0 Å². The van der Waals surface area contributed by atoms with Gasteiger partial charge in [-0.1, -0.05) is 33.7 Å². The van der Waals surface area contributed by atoms with Gasteiger partial charge in [-0.15, -0.1) is 0 Å². The molecule has 308 valence electrons. The minimum atomic E-state index is -1.20. The minimum Gasteiger partial charge on any atom is -0.618 e. The van der Waals surface area contributed by atoms with Crippen molar-refractivity contribution in [3.05, 3.63) is 88.6 Å². The smallest absolute Gasteiger partial charge is 0.339 e. The van der Waals surface area contributed by atoms with Gasteiger partial charge in [0, 0.05) is 30.2 Å². The van der Waals surface area contributed by atoms with Crippen molar-refractivity contribution in [2.75, 3.05) is 14.2 Å². The molecule has 4 heterocycles. The Hall–Kier alpha value is -4.82. The third-order valence-corrected chi connectivity index (χ3v) is 7.55. The fourth-order valence-electron chi connectivity index (χ4n) is 4.46. The molecule has 0 aliphatic rings. The van der Waals surface area contributed by atoms with E-state index in [9.17, 15) is 34.0 Å². The molecule has 0 atom stereocenters. The van der Waals surface area contributed by atoms with Crippen molar-refractivity contribution in [1.29, 1.82) is 0 Å². The Morgan fingerprint density at radius 2 is 1.12 bits per heavy atom. The predicted molar refractivity (Wildman–Crippen MR) is 215 cm³/mol. The highest BCUT2D eigenvalue weighted by Crippen LogP contribution is 2.51. The summed E-state index contributed by atoms with van der Waals surface area (Å²) >= 11 is 14.6. The first kappa shape index (κ1) is 48.3. The molecule has 4 aromatic heterocycles. The van der Waals surface area contributed by atoms with Gasteiger partial charge in [-0.3, -0.25) is 24.2 Å². The molecular weight excluding hydrogens is 826 g/mol. The normalized spacial score (nSPS) is 11.0. The second kappa shape index (κ2) is 21.1. The highest BCUT2D eigenvalue weighted by atomic mass is 36.0. The maximum atomic E-state index is 12.4. The summed E-state index contributed by atoms with van der Waals surface area (Å²) in [6.45, 7) is 13.0. The number of ketones is 2. The first-order valence-electron chi connectivity index (χ1n) is 16.8.